The average molecular weight is 318 g/mol. The molecule has 1 aromatic carbocycles. The summed E-state index contributed by atoms with van der Waals surface area (Å²) in [6.07, 6.45) is 8.96. The molecule has 1 N–H and O–H groups in total. The molecule has 1 heteroatoms. The van der Waals surface area contributed by atoms with E-state index in [4.69, 9.17) is 0 Å². The standard InChI is InChI=1S/C17H27N.C3H8.C2H4/c1-3-16-8-7-15(13-17(16)4-2)6-5-14-9-11-18-12-10-14;1-3-2;1-2/h7-8,13-14,18H,3-6,9-12H2,1-2H3;3H2,1-2H3;1-2H2. The highest BCUT2D eigenvalue weighted by atomic mass is 14.9. The van der Waals surface area contributed by atoms with E-state index in [9.17, 15) is 0 Å². The minimum Gasteiger partial charge on any atom is -0.317 e. The quantitative estimate of drug-likeness (QED) is 0.660. The normalized spacial score (nSPS) is 14.3. The number of hydrogen-bond donors (Lipinski definition) is 1. The monoisotopic (exact) mass is 317 g/mol. The van der Waals surface area contributed by atoms with Crippen LogP contribution in [0.1, 0.15) is 70.1 Å². The van der Waals surface area contributed by atoms with Crippen molar-refractivity contribution in [3.63, 3.8) is 0 Å². The molecule has 0 unspecified atom stereocenters. The van der Waals surface area contributed by atoms with Crippen LogP contribution in [0.2, 0.25) is 0 Å². The van der Waals surface area contributed by atoms with Crippen molar-refractivity contribution in [2.45, 2.75) is 72.6 Å². The topological polar surface area (TPSA) is 12.0 Å². The van der Waals surface area contributed by atoms with Gasteiger partial charge >= 0.3 is 0 Å². The van der Waals surface area contributed by atoms with E-state index in [1.807, 2.05) is 0 Å². The van der Waals surface area contributed by atoms with Gasteiger partial charge in [-0.1, -0.05) is 52.3 Å². The predicted molar refractivity (Wildman–Crippen MR) is 106 cm³/mol. The van der Waals surface area contributed by atoms with Crippen molar-refractivity contribution >= 4 is 0 Å². The molecule has 1 heterocycles. The molecule has 0 amide bonds. The van der Waals surface area contributed by atoms with E-state index in [0.29, 0.717) is 0 Å². The van der Waals surface area contributed by atoms with Gasteiger partial charge in [0.1, 0.15) is 0 Å². The van der Waals surface area contributed by atoms with Crippen LogP contribution >= 0.6 is 0 Å². The highest BCUT2D eigenvalue weighted by molar-refractivity contribution is 5.32. The Bertz CT molecular complexity index is 391. The Balaban J connectivity index is 0.000000868. The van der Waals surface area contributed by atoms with Gasteiger partial charge in [-0.2, -0.15) is 0 Å². The maximum Gasteiger partial charge on any atom is -0.00463 e. The molecule has 2 rings (SSSR count). The smallest absolute Gasteiger partial charge is 0.00463 e. The molecular weight excluding hydrogens is 278 g/mol. The zero-order valence-corrected chi connectivity index (χ0v) is 16.1. The molecule has 23 heavy (non-hydrogen) atoms. The first kappa shape index (κ1) is 21.9. The second-order valence-corrected chi connectivity index (χ2v) is 6.25. The molecule has 0 aromatic heterocycles. The van der Waals surface area contributed by atoms with Gasteiger partial charge in [0.05, 0.1) is 0 Å². The van der Waals surface area contributed by atoms with Crippen LogP contribution in [0, 0.1) is 5.92 Å². The number of benzene rings is 1. The van der Waals surface area contributed by atoms with Crippen molar-refractivity contribution in [3.8, 4) is 0 Å². The summed E-state index contributed by atoms with van der Waals surface area (Å²) in [7, 11) is 0. The van der Waals surface area contributed by atoms with Crippen molar-refractivity contribution in [1.82, 2.24) is 5.32 Å². The summed E-state index contributed by atoms with van der Waals surface area (Å²) in [4.78, 5) is 0. The molecule has 1 fully saturated rings. The van der Waals surface area contributed by atoms with Gasteiger partial charge in [-0.25, -0.2) is 0 Å². The first-order valence-electron chi connectivity index (χ1n) is 9.56. The van der Waals surface area contributed by atoms with Crippen molar-refractivity contribution < 1.29 is 0 Å². The van der Waals surface area contributed by atoms with Crippen LogP contribution in [0.4, 0.5) is 0 Å². The molecule has 0 saturated carbocycles. The molecule has 0 spiro atoms. The molecule has 0 bridgehead atoms. The summed E-state index contributed by atoms with van der Waals surface area (Å²) in [6.45, 7) is 17.2. The Morgan fingerprint density at radius 1 is 0.957 bits per heavy atom. The van der Waals surface area contributed by atoms with Gasteiger partial charge in [0.25, 0.3) is 0 Å². The average Bonchev–Trinajstić information content (AvgIpc) is 2.63. The maximum absolute atomic E-state index is 3.45. The number of hydrogen-bond acceptors (Lipinski definition) is 1. The van der Waals surface area contributed by atoms with E-state index in [0.717, 1.165) is 12.3 Å². The third kappa shape index (κ3) is 8.95. The Morgan fingerprint density at radius 2 is 1.52 bits per heavy atom. The van der Waals surface area contributed by atoms with Crippen molar-refractivity contribution in [1.29, 1.82) is 0 Å². The third-order valence-electron chi connectivity index (χ3n) is 4.33. The Kier molecular flexibility index (Phi) is 13.8. The minimum absolute atomic E-state index is 0.946. The minimum atomic E-state index is 0.946. The molecule has 0 aliphatic carbocycles. The van der Waals surface area contributed by atoms with Gasteiger partial charge in [0, 0.05) is 0 Å². The Morgan fingerprint density at radius 3 is 2.04 bits per heavy atom. The summed E-state index contributed by atoms with van der Waals surface area (Å²) < 4.78 is 0. The largest absolute Gasteiger partial charge is 0.317 e. The second kappa shape index (κ2) is 14.5. The summed E-state index contributed by atoms with van der Waals surface area (Å²) in [5.41, 5.74) is 4.63. The van der Waals surface area contributed by atoms with E-state index in [1.54, 1.807) is 11.1 Å². The number of piperidine rings is 1. The van der Waals surface area contributed by atoms with Crippen molar-refractivity contribution in [2.24, 2.45) is 5.92 Å². The summed E-state index contributed by atoms with van der Waals surface area (Å²) in [5, 5.41) is 3.45. The van der Waals surface area contributed by atoms with E-state index in [-0.39, 0.29) is 0 Å². The van der Waals surface area contributed by atoms with Gasteiger partial charge in [0.15, 0.2) is 0 Å². The van der Waals surface area contributed by atoms with Crippen LogP contribution in [0.25, 0.3) is 0 Å². The van der Waals surface area contributed by atoms with Crippen LogP contribution in [0.3, 0.4) is 0 Å². The molecule has 0 atom stereocenters. The highest BCUT2D eigenvalue weighted by Crippen LogP contribution is 2.20. The van der Waals surface area contributed by atoms with E-state index < -0.39 is 0 Å². The fourth-order valence-corrected chi connectivity index (χ4v) is 3.05. The summed E-state index contributed by atoms with van der Waals surface area (Å²) in [5.74, 6) is 0.946. The van der Waals surface area contributed by atoms with Crippen LogP contribution in [-0.4, -0.2) is 13.1 Å². The molecule has 132 valence electrons. The maximum atomic E-state index is 3.45. The van der Waals surface area contributed by atoms with E-state index in [2.05, 4.69) is 64.4 Å². The molecule has 1 nitrogen and oxygen atoms in total. The van der Waals surface area contributed by atoms with E-state index >= 15 is 0 Å². The van der Waals surface area contributed by atoms with Crippen LogP contribution in [0.5, 0.6) is 0 Å². The third-order valence-corrected chi connectivity index (χ3v) is 4.33. The van der Waals surface area contributed by atoms with Gasteiger partial charge < -0.3 is 5.32 Å². The molecule has 1 aliphatic heterocycles. The molecule has 1 aliphatic rings. The molecular formula is C22H39N. The fourth-order valence-electron chi connectivity index (χ4n) is 3.05. The lowest BCUT2D eigenvalue weighted by atomic mass is 9.90. The first-order valence-corrected chi connectivity index (χ1v) is 9.56. The Hall–Kier alpha value is -1.08. The zero-order chi connectivity index (χ0) is 17.5. The lowest BCUT2D eigenvalue weighted by Crippen LogP contribution is -2.27. The van der Waals surface area contributed by atoms with Crippen molar-refractivity contribution in [2.75, 3.05) is 13.1 Å². The van der Waals surface area contributed by atoms with Crippen LogP contribution < -0.4 is 5.32 Å². The highest BCUT2D eigenvalue weighted by Gasteiger charge is 2.12. The van der Waals surface area contributed by atoms with Crippen molar-refractivity contribution in [3.05, 3.63) is 48.0 Å². The lowest BCUT2D eigenvalue weighted by molar-refractivity contribution is 0.354. The lowest BCUT2D eigenvalue weighted by Gasteiger charge is -2.22. The number of aryl methyl sites for hydroxylation is 3. The first-order chi connectivity index (χ1) is 11.2. The fraction of sp³-hybridized carbons (Fsp3) is 0.636. The zero-order valence-electron chi connectivity index (χ0n) is 16.1. The SMILES string of the molecule is C=C.CCC.CCc1ccc(CCC2CCNCC2)cc1CC. The van der Waals surface area contributed by atoms with Gasteiger partial charge in [-0.05, 0) is 74.2 Å². The molecule has 1 saturated heterocycles. The second-order valence-electron chi connectivity index (χ2n) is 6.25. The van der Waals surface area contributed by atoms with Crippen LogP contribution in [-0.2, 0) is 19.3 Å². The van der Waals surface area contributed by atoms with Gasteiger partial charge in [0.2, 0.25) is 0 Å². The van der Waals surface area contributed by atoms with E-state index in [1.165, 1.54) is 57.2 Å². The molecule has 0 radical (unpaired) electrons. The number of nitrogens with one attached hydrogen (secondary N) is 1. The summed E-state index contributed by atoms with van der Waals surface area (Å²) >= 11 is 0. The number of rotatable bonds is 5. The predicted octanol–water partition coefficient (Wildman–Crippen LogP) is 5.96. The molecule has 1 aromatic rings. The van der Waals surface area contributed by atoms with Crippen LogP contribution in [0.15, 0.2) is 31.4 Å². The Labute approximate surface area is 145 Å². The van der Waals surface area contributed by atoms with Gasteiger partial charge in [-0.15, -0.1) is 13.2 Å². The summed E-state index contributed by atoms with van der Waals surface area (Å²) in [6, 6.07) is 7.13. The van der Waals surface area contributed by atoms with Gasteiger partial charge in [-0.3, -0.25) is 0 Å².